The van der Waals surface area contributed by atoms with Crippen LogP contribution in [0, 0.1) is 6.92 Å². The minimum atomic E-state index is -0.918. The Morgan fingerprint density at radius 1 is 1.06 bits per heavy atom. The van der Waals surface area contributed by atoms with E-state index in [4.69, 9.17) is 21.1 Å². The molecule has 36 heavy (non-hydrogen) atoms. The molecule has 180 valence electrons. The number of thiazole rings is 1. The van der Waals surface area contributed by atoms with E-state index in [-0.39, 0.29) is 11.3 Å². The summed E-state index contributed by atoms with van der Waals surface area (Å²) in [7, 11) is 0. The lowest BCUT2D eigenvalue weighted by Gasteiger charge is -2.23. The van der Waals surface area contributed by atoms with Gasteiger partial charge in [0.2, 0.25) is 0 Å². The lowest BCUT2D eigenvalue weighted by atomic mass is 9.95. The molecule has 3 heterocycles. The Kier molecular flexibility index (Phi) is 5.43. The average molecular weight is 519 g/mol. The van der Waals surface area contributed by atoms with Gasteiger partial charge in [0.25, 0.3) is 5.78 Å². The molecular weight excluding hydrogens is 500 g/mol. The van der Waals surface area contributed by atoms with E-state index < -0.39 is 17.7 Å². The number of amides is 1. The molecule has 1 aromatic heterocycles. The number of benzene rings is 3. The first-order valence-electron chi connectivity index (χ1n) is 11.2. The molecule has 2 aliphatic rings. The molecule has 6 rings (SSSR count). The third-order valence-electron chi connectivity index (χ3n) is 6.16. The van der Waals surface area contributed by atoms with Gasteiger partial charge in [0.1, 0.15) is 19.0 Å². The summed E-state index contributed by atoms with van der Waals surface area (Å²) < 4.78 is 12.1. The first-order chi connectivity index (χ1) is 17.4. The molecule has 0 bridgehead atoms. The first kappa shape index (κ1) is 22.6. The lowest BCUT2D eigenvalue weighted by Crippen LogP contribution is -2.29. The Labute approximate surface area is 215 Å². The number of aliphatic hydroxyl groups is 1. The normalized spacial score (nSPS) is 18.7. The highest BCUT2D eigenvalue weighted by Crippen LogP contribution is 2.45. The van der Waals surface area contributed by atoms with E-state index in [1.807, 2.05) is 25.1 Å². The Balaban J connectivity index is 1.54. The number of carbonyl (C=O) groups excluding carboxylic acids is 2. The maximum absolute atomic E-state index is 13.4. The van der Waals surface area contributed by atoms with Crippen LogP contribution in [0.15, 0.2) is 66.2 Å². The number of aryl methyl sites for hydroxylation is 1. The van der Waals surface area contributed by atoms with E-state index >= 15 is 0 Å². The molecule has 0 aliphatic carbocycles. The van der Waals surface area contributed by atoms with Crippen molar-refractivity contribution in [2.45, 2.75) is 13.0 Å². The number of Topliss-reactive ketones (excluding diaryl/α,β-unsaturated/α-hetero) is 1. The molecule has 7 nitrogen and oxygen atoms in total. The van der Waals surface area contributed by atoms with Crippen LogP contribution in [0.1, 0.15) is 22.7 Å². The topological polar surface area (TPSA) is 89.0 Å². The van der Waals surface area contributed by atoms with Crippen LogP contribution >= 0.6 is 22.9 Å². The Bertz CT molecular complexity index is 1590. The number of ether oxygens (including phenoxy) is 2. The van der Waals surface area contributed by atoms with Crippen molar-refractivity contribution in [3.8, 4) is 11.5 Å². The van der Waals surface area contributed by atoms with Crippen molar-refractivity contribution in [1.82, 2.24) is 4.98 Å². The fraction of sp³-hybridized carbons (Fsp3) is 0.148. The molecular formula is C27H19ClN2O5S. The number of ketones is 1. The largest absolute Gasteiger partial charge is 0.507 e. The Hall–Kier alpha value is -3.88. The van der Waals surface area contributed by atoms with Gasteiger partial charge in [-0.05, 0) is 60.5 Å². The van der Waals surface area contributed by atoms with Gasteiger partial charge in [-0.25, -0.2) is 4.98 Å². The number of aliphatic hydroxyl groups excluding tert-OH is 1. The minimum Gasteiger partial charge on any atom is -0.507 e. The second-order valence-electron chi connectivity index (χ2n) is 8.55. The highest BCUT2D eigenvalue weighted by molar-refractivity contribution is 7.22. The zero-order valence-corrected chi connectivity index (χ0v) is 20.6. The van der Waals surface area contributed by atoms with Crippen molar-refractivity contribution in [2.75, 3.05) is 18.1 Å². The summed E-state index contributed by atoms with van der Waals surface area (Å²) in [5.74, 6) is -0.873. The standard InChI is InChI=1S/C27H19ClN2O5S/c1-14-5-7-18-21(11-14)36-27(29-18)30-23(15-3-2-4-17(28)12-15)22(25(32)26(30)33)24(31)16-6-8-19-20(13-16)35-10-9-34-19/h2-8,11-13,23,31H,9-10H2,1H3/b24-22+. The molecule has 1 amide bonds. The SMILES string of the molecule is Cc1ccc2nc(N3C(=O)C(=O)/C(=C(/O)c4ccc5c(c4)OCCO5)C3c3cccc(Cl)c3)sc2c1. The van der Waals surface area contributed by atoms with Crippen LogP contribution in [-0.2, 0) is 9.59 Å². The molecule has 0 saturated carbocycles. The van der Waals surface area contributed by atoms with Crippen molar-refractivity contribution in [3.05, 3.63) is 87.9 Å². The van der Waals surface area contributed by atoms with Gasteiger partial charge in [0.15, 0.2) is 16.6 Å². The van der Waals surface area contributed by atoms with Gasteiger partial charge >= 0.3 is 5.91 Å². The van der Waals surface area contributed by atoms with Crippen molar-refractivity contribution in [2.24, 2.45) is 0 Å². The van der Waals surface area contributed by atoms with Crippen molar-refractivity contribution in [1.29, 1.82) is 0 Å². The van der Waals surface area contributed by atoms with Crippen molar-refractivity contribution in [3.63, 3.8) is 0 Å². The van der Waals surface area contributed by atoms with Gasteiger partial charge in [-0.3, -0.25) is 14.5 Å². The van der Waals surface area contributed by atoms with Crippen LogP contribution in [0.5, 0.6) is 11.5 Å². The number of nitrogens with zero attached hydrogens (tertiary/aromatic N) is 2. The maximum Gasteiger partial charge on any atom is 0.301 e. The number of carbonyl (C=O) groups is 2. The minimum absolute atomic E-state index is 0.0469. The molecule has 2 aliphatic heterocycles. The second-order valence-corrected chi connectivity index (χ2v) is 10.00. The molecule has 0 radical (unpaired) electrons. The summed E-state index contributed by atoms with van der Waals surface area (Å²) >= 11 is 7.60. The Morgan fingerprint density at radius 3 is 2.67 bits per heavy atom. The van der Waals surface area contributed by atoms with Gasteiger partial charge < -0.3 is 14.6 Å². The third kappa shape index (κ3) is 3.70. The van der Waals surface area contributed by atoms with Gasteiger partial charge in [-0.15, -0.1) is 0 Å². The van der Waals surface area contributed by atoms with Crippen molar-refractivity contribution >= 4 is 55.7 Å². The molecule has 1 unspecified atom stereocenters. The smallest absolute Gasteiger partial charge is 0.301 e. The predicted molar refractivity (Wildman–Crippen MR) is 138 cm³/mol. The van der Waals surface area contributed by atoms with Crippen LogP contribution in [0.3, 0.4) is 0 Å². The number of rotatable bonds is 3. The monoisotopic (exact) mass is 518 g/mol. The molecule has 1 N–H and O–H groups in total. The van der Waals surface area contributed by atoms with E-state index in [1.165, 1.54) is 16.2 Å². The Morgan fingerprint density at radius 2 is 1.86 bits per heavy atom. The highest BCUT2D eigenvalue weighted by Gasteiger charge is 2.48. The van der Waals surface area contributed by atoms with Crippen LogP contribution in [0.25, 0.3) is 16.0 Å². The summed E-state index contributed by atoms with van der Waals surface area (Å²) in [5.41, 5.74) is 2.65. The number of anilines is 1. The fourth-order valence-corrected chi connectivity index (χ4v) is 5.78. The molecule has 4 aromatic rings. The average Bonchev–Trinajstić information content (AvgIpc) is 3.41. The maximum atomic E-state index is 13.4. The molecule has 3 aromatic carbocycles. The summed E-state index contributed by atoms with van der Waals surface area (Å²) in [6.45, 7) is 2.78. The van der Waals surface area contributed by atoms with E-state index in [0.29, 0.717) is 46.0 Å². The first-order valence-corrected chi connectivity index (χ1v) is 12.4. The number of hydrogen-bond acceptors (Lipinski definition) is 7. The van der Waals surface area contributed by atoms with Crippen LogP contribution in [-0.4, -0.2) is 35.0 Å². The van der Waals surface area contributed by atoms with Gasteiger partial charge in [-0.2, -0.15) is 0 Å². The second kappa shape index (κ2) is 8.65. The van der Waals surface area contributed by atoms with Crippen LogP contribution in [0.4, 0.5) is 5.13 Å². The van der Waals surface area contributed by atoms with Crippen molar-refractivity contribution < 1.29 is 24.2 Å². The number of halogens is 1. The zero-order chi connectivity index (χ0) is 25.0. The fourth-order valence-electron chi connectivity index (χ4n) is 4.49. The van der Waals surface area contributed by atoms with E-state index in [2.05, 4.69) is 4.98 Å². The summed E-state index contributed by atoms with van der Waals surface area (Å²) in [4.78, 5) is 32.8. The predicted octanol–water partition coefficient (Wildman–Crippen LogP) is 5.66. The number of aromatic nitrogens is 1. The van der Waals surface area contributed by atoms with Gasteiger partial charge in [0.05, 0.1) is 21.8 Å². The van der Waals surface area contributed by atoms with Gasteiger partial charge in [0, 0.05) is 10.6 Å². The number of fused-ring (bicyclic) bond motifs is 2. The molecule has 9 heteroatoms. The third-order valence-corrected chi connectivity index (χ3v) is 7.42. The quantitative estimate of drug-likeness (QED) is 0.214. The van der Waals surface area contributed by atoms with E-state index in [9.17, 15) is 14.7 Å². The van der Waals surface area contributed by atoms with Crippen LogP contribution < -0.4 is 14.4 Å². The summed E-state index contributed by atoms with van der Waals surface area (Å²) in [6, 6.07) is 16.7. The molecule has 1 saturated heterocycles. The molecule has 1 atom stereocenters. The summed E-state index contributed by atoms with van der Waals surface area (Å²) in [5, 5.41) is 12.2. The molecule has 0 spiro atoms. The number of hydrogen-bond donors (Lipinski definition) is 1. The van der Waals surface area contributed by atoms with Crippen LogP contribution in [0.2, 0.25) is 5.02 Å². The van der Waals surface area contributed by atoms with E-state index in [0.717, 1.165) is 15.8 Å². The zero-order valence-electron chi connectivity index (χ0n) is 19.0. The van der Waals surface area contributed by atoms with Gasteiger partial charge in [-0.1, -0.05) is 41.1 Å². The lowest BCUT2D eigenvalue weighted by molar-refractivity contribution is -0.132. The summed E-state index contributed by atoms with van der Waals surface area (Å²) in [6.07, 6.45) is 0. The molecule has 1 fully saturated rings. The highest BCUT2D eigenvalue weighted by atomic mass is 35.5. The van der Waals surface area contributed by atoms with E-state index in [1.54, 1.807) is 42.5 Å².